The molecule has 3 N–H and O–H groups in total. The molecular weight excluding hydrogens is 429 g/mol. The molecule has 0 aliphatic carbocycles. The predicted octanol–water partition coefficient (Wildman–Crippen LogP) is 2.34. The van der Waals surface area contributed by atoms with Crippen LogP contribution in [0.2, 0.25) is 0 Å². The van der Waals surface area contributed by atoms with Gasteiger partial charge in [0.15, 0.2) is 0 Å². The summed E-state index contributed by atoms with van der Waals surface area (Å²) in [6.45, 7) is 0.0413. The largest absolute Gasteiger partial charge is 0.343 e. The molecule has 0 aliphatic heterocycles. The van der Waals surface area contributed by atoms with Crippen molar-refractivity contribution < 1.29 is 12.8 Å². The fourth-order valence-electron chi connectivity index (χ4n) is 2.92. The summed E-state index contributed by atoms with van der Waals surface area (Å²) in [6, 6.07) is 9.86. The zero-order valence-electron chi connectivity index (χ0n) is 16.4. The van der Waals surface area contributed by atoms with Crippen molar-refractivity contribution >= 4 is 21.4 Å². The highest BCUT2D eigenvalue weighted by molar-refractivity contribution is 7.89. The van der Waals surface area contributed by atoms with Crippen molar-refractivity contribution in [3.8, 4) is 10.4 Å². The molecule has 0 amide bonds. The number of sulfonamides is 1. The van der Waals surface area contributed by atoms with Gasteiger partial charge >= 0.3 is 5.69 Å². The second-order valence-corrected chi connectivity index (χ2v) is 10.0. The first-order valence-corrected chi connectivity index (χ1v) is 11.3. The van der Waals surface area contributed by atoms with Gasteiger partial charge in [-0.2, -0.15) is 5.10 Å². The van der Waals surface area contributed by atoms with Crippen LogP contribution < -0.4 is 11.4 Å². The van der Waals surface area contributed by atoms with Crippen LogP contribution in [0.25, 0.3) is 10.4 Å². The number of hydrogen-bond donors (Lipinski definition) is 2. The minimum atomic E-state index is -3.50. The molecule has 0 radical (unpaired) electrons. The molecule has 3 rings (SSSR count). The van der Waals surface area contributed by atoms with Gasteiger partial charge in [-0.1, -0.05) is 12.1 Å². The summed E-state index contributed by atoms with van der Waals surface area (Å²) in [5.74, 6) is 0. The topological polar surface area (TPSA) is 114 Å². The van der Waals surface area contributed by atoms with E-state index < -0.39 is 21.8 Å². The van der Waals surface area contributed by atoms with Gasteiger partial charge in [-0.05, 0) is 41.8 Å². The Morgan fingerprint density at radius 3 is 2.53 bits per heavy atom. The number of aromatic nitrogens is 3. The van der Waals surface area contributed by atoms with Crippen LogP contribution in [0, 0.1) is 0 Å². The SMILES string of the molecule is CN(C)S(=O)(=O)c1ccc(-c2ccc(C(C/C(=C\F)CN)n3cn[nH]c3=O)s2)cc1. The van der Waals surface area contributed by atoms with Gasteiger partial charge in [0.1, 0.15) is 6.33 Å². The number of thiophene rings is 1. The standard InChI is InChI=1S/C19H22FN5O3S2/c1-24(2)30(27,28)15-5-3-14(4-6-15)17-7-8-18(29-17)16(9-13(10-20)11-21)25-12-22-23-19(25)26/h3-8,10,12,16H,9,11,21H2,1-2H3,(H,23,26)/b13-10+. The van der Waals surface area contributed by atoms with Gasteiger partial charge in [0, 0.05) is 30.4 Å². The second kappa shape index (κ2) is 9.04. The summed E-state index contributed by atoms with van der Waals surface area (Å²) >= 11 is 1.43. The fraction of sp³-hybridized carbons (Fsp3) is 0.263. The summed E-state index contributed by atoms with van der Waals surface area (Å²) < 4.78 is 40.2. The molecule has 0 fully saturated rings. The minimum absolute atomic E-state index is 0.0413. The molecule has 2 heterocycles. The predicted molar refractivity (Wildman–Crippen MR) is 114 cm³/mol. The number of halogens is 1. The smallest absolute Gasteiger partial charge is 0.327 e. The zero-order valence-corrected chi connectivity index (χ0v) is 18.1. The molecule has 0 aliphatic rings. The lowest BCUT2D eigenvalue weighted by atomic mass is 10.1. The molecular formula is C19H22FN5O3S2. The van der Waals surface area contributed by atoms with Crippen molar-refractivity contribution in [2.75, 3.05) is 20.6 Å². The maximum Gasteiger partial charge on any atom is 0.343 e. The van der Waals surface area contributed by atoms with Crippen LogP contribution in [0.4, 0.5) is 4.39 Å². The third-order valence-corrected chi connectivity index (χ3v) is 7.72. The van der Waals surface area contributed by atoms with E-state index in [1.807, 2.05) is 12.1 Å². The maximum atomic E-state index is 13.1. The Morgan fingerprint density at radius 2 is 2.00 bits per heavy atom. The number of nitrogens with zero attached hydrogens (tertiary/aromatic N) is 3. The fourth-order valence-corrected chi connectivity index (χ4v) is 4.94. The third kappa shape index (κ3) is 4.43. The molecule has 3 aromatic rings. The quantitative estimate of drug-likeness (QED) is 0.546. The highest BCUT2D eigenvalue weighted by atomic mass is 32.2. The molecule has 0 spiro atoms. The van der Waals surface area contributed by atoms with E-state index in [1.165, 1.54) is 36.3 Å². The normalized spacial score (nSPS) is 13.7. The summed E-state index contributed by atoms with van der Waals surface area (Å²) in [4.78, 5) is 14.0. The van der Waals surface area contributed by atoms with E-state index in [0.717, 1.165) is 19.6 Å². The Hall–Kier alpha value is -2.60. The lowest BCUT2D eigenvalue weighted by Crippen LogP contribution is -2.23. The number of nitrogens with two attached hydrogens (primary N) is 1. The van der Waals surface area contributed by atoms with E-state index in [-0.39, 0.29) is 17.9 Å². The van der Waals surface area contributed by atoms with Gasteiger partial charge in [-0.3, -0.25) is 4.57 Å². The van der Waals surface area contributed by atoms with E-state index in [1.54, 1.807) is 24.3 Å². The van der Waals surface area contributed by atoms with E-state index in [4.69, 9.17) is 5.73 Å². The molecule has 0 saturated heterocycles. The number of benzene rings is 1. The van der Waals surface area contributed by atoms with Gasteiger partial charge in [0.2, 0.25) is 10.0 Å². The average Bonchev–Trinajstić information content (AvgIpc) is 3.39. The number of nitrogens with one attached hydrogen (secondary N) is 1. The Morgan fingerprint density at radius 1 is 1.30 bits per heavy atom. The molecule has 30 heavy (non-hydrogen) atoms. The number of rotatable bonds is 8. The van der Waals surface area contributed by atoms with E-state index in [9.17, 15) is 17.6 Å². The summed E-state index contributed by atoms with van der Waals surface area (Å²) in [7, 11) is -0.542. The lowest BCUT2D eigenvalue weighted by molar-refractivity contribution is 0.521. The van der Waals surface area contributed by atoms with Crippen LogP contribution in [0.15, 0.2) is 64.3 Å². The van der Waals surface area contributed by atoms with Crippen LogP contribution >= 0.6 is 11.3 Å². The third-order valence-electron chi connectivity index (χ3n) is 4.66. The van der Waals surface area contributed by atoms with Gasteiger partial charge in [0.05, 0.1) is 17.3 Å². The van der Waals surface area contributed by atoms with Crippen molar-refractivity contribution in [3.63, 3.8) is 0 Å². The molecule has 11 heteroatoms. The highest BCUT2D eigenvalue weighted by Gasteiger charge is 2.21. The van der Waals surface area contributed by atoms with Crippen LogP contribution in [0.5, 0.6) is 0 Å². The molecule has 1 unspecified atom stereocenters. The number of hydrogen-bond acceptors (Lipinski definition) is 6. The molecule has 1 atom stereocenters. The second-order valence-electron chi connectivity index (χ2n) is 6.77. The van der Waals surface area contributed by atoms with Crippen LogP contribution in [-0.2, 0) is 10.0 Å². The van der Waals surface area contributed by atoms with E-state index in [0.29, 0.717) is 11.9 Å². The van der Waals surface area contributed by atoms with Crippen molar-refractivity contribution in [1.29, 1.82) is 0 Å². The lowest BCUT2D eigenvalue weighted by Gasteiger charge is -2.16. The molecule has 1 aromatic carbocycles. The molecule has 2 aromatic heterocycles. The minimum Gasteiger partial charge on any atom is -0.327 e. The first-order chi connectivity index (χ1) is 14.3. The van der Waals surface area contributed by atoms with Crippen molar-refractivity contribution in [3.05, 3.63) is 70.0 Å². The monoisotopic (exact) mass is 451 g/mol. The number of aromatic amines is 1. The first-order valence-electron chi connectivity index (χ1n) is 9.00. The van der Waals surface area contributed by atoms with Crippen molar-refractivity contribution in [2.45, 2.75) is 17.4 Å². The molecule has 8 nitrogen and oxygen atoms in total. The molecule has 0 saturated carbocycles. The Labute approximate surface area is 177 Å². The van der Waals surface area contributed by atoms with Crippen LogP contribution in [0.1, 0.15) is 17.3 Å². The van der Waals surface area contributed by atoms with E-state index in [2.05, 4.69) is 10.2 Å². The number of H-pyrrole nitrogens is 1. The van der Waals surface area contributed by atoms with Crippen LogP contribution in [-0.4, -0.2) is 48.1 Å². The first kappa shape index (κ1) is 22.1. The van der Waals surface area contributed by atoms with Gasteiger partial charge in [-0.15, -0.1) is 11.3 Å². The summed E-state index contributed by atoms with van der Waals surface area (Å²) in [6.07, 6.45) is 2.07. The zero-order chi connectivity index (χ0) is 21.9. The van der Waals surface area contributed by atoms with Gasteiger partial charge < -0.3 is 5.73 Å². The highest BCUT2D eigenvalue weighted by Crippen LogP contribution is 2.35. The Kier molecular flexibility index (Phi) is 6.66. The molecule has 0 bridgehead atoms. The van der Waals surface area contributed by atoms with Crippen LogP contribution in [0.3, 0.4) is 0 Å². The summed E-state index contributed by atoms with van der Waals surface area (Å²) in [5.41, 5.74) is 6.41. The van der Waals surface area contributed by atoms with Gasteiger partial charge in [0.25, 0.3) is 0 Å². The molecule has 160 valence electrons. The Balaban J connectivity index is 1.95. The van der Waals surface area contributed by atoms with Crippen molar-refractivity contribution in [2.24, 2.45) is 5.73 Å². The summed E-state index contributed by atoms with van der Waals surface area (Å²) in [5, 5.41) is 6.12. The Bertz CT molecular complexity index is 1190. The maximum absolute atomic E-state index is 13.1. The van der Waals surface area contributed by atoms with Gasteiger partial charge in [-0.25, -0.2) is 27.0 Å². The van der Waals surface area contributed by atoms with E-state index >= 15 is 0 Å². The average molecular weight is 452 g/mol. The van der Waals surface area contributed by atoms with Crippen molar-refractivity contribution in [1.82, 2.24) is 19.1 Å².